The Labute approximate surface area is 98.9 Å². The first-order valence-electron chi connectivity index (χ1n) is 6.00. The molecule has 4 nitrogen and oxygen atoms in total. The molecule has 16 heavy (non-hydrogen) atoms. The summed E-state index contributed by atoms with van der Waals surface area (Å²) < 4.78 is 10.5. The summed E-state index contributed by atoms with van der Waals surface area (Å²) in [6.45, 7) is 9.43. The molecular formula is C12H24N2O2. The van der Waals surface area contributed by atoms with Crippen LogP contribution in [-0.4, -0.2) is 38.5 Å². The third kappa shape index (κ3) is 7.63. The minimum atomic E-state index is -0.419. The molecule has 0 aliphatic heterocycles. The van der Waals surface area contributed by atoms with Gasteiger partial charge in [-0.05, 0) is 33.2 Å². The van der Waals surface area contributed by atoms with Gasteiger partial charge in [-0.1, -0.05) is 6.92 Å². The topological polar surface area (TPSA) is 54.3 Å². The Balaban J connectivity index is 3.46. The number of rotatable bonds is 10. The molecule has 0 aromatic rings. The number of nitriles is 1. The highest BCUT2D eigenvalue weighted by atomic mass is 16.5. The van der Waals surface area contributed by atoms with Gasteiger partial charge in [0.1, 0.15) is 5.54 Å². The van der Waals surface area contributed by atoms with E-state index in [-0.39, 0.29) is 0 Å². The zero-order valence-electron chi connectivity index (χ0n) is 10.7. The van der Waals surface area contributed by atoms with Gasteiger partial charge < -0.3 is 9.47 Å². The highest BCUT2D eigenvalue weighted by Crippen LogP contribution is 2.10. The van der Waals surface area contributed by atoms with Crippen LogP contribution in [0, 0.1) is 11.3 Å². The van der Waals surface area contributed by atoms with Gasteiger partial charge in [0.25, 0.3) is 0 Å². The quantitative estimate of drug-likeness (QED) is 0.578. The summed E-state index contributed by atoms with van der Waals surface area (Å²) in [4.78, 5) is 0. The molecule has 0 aromatic carbocycles. The van der Waals surface area contributed by atoms with Gasteiger partial charge in [-0.3, -0.25) is 5.32 Å². The van der Waals surface area contributed by atoms with E-state index < -0.39 is 5.54 Å². The summed E-state index contributed by atoms with van der Waals surface area (Å²) in [5, 5.41) is 12.2. The Kier molecular flexibility index (Phi) is 9.21. The maximum Gasteiger partial charge on any atom is 0.104 e. The standard InChI is InChI=1S/C12H24N2O2/c1-4-14-12(3,11-13)7-6-8-16-10-9-15-5-2/h14H,4-10H2,1-3H3. The first kappa shape index (κ1) is 15.4. The van der Waals surface area contributed by atoms with E-state index in [1.54, 1.807) is 0 Å². The fraction of sp³-hybridized carbons (Fsp3) is 0.917. The van der Waals surface area contributed by atoms with Gasteiger partial charge in [-0.25, -0.2) is 0 Å². The van der Waals surface area contributed by atoms with Gasteiger partial charge in [0.2, 0.25) is 0 Å². The molecular weight excluding hydrogens is 204 g/mol. The molecule has 0 aliphatic rings. The number of hydrogen-bond acceptors (Lipinski definition) is 4. The lowest BCUT2D eigenvalue weighted by Crippen LogP contribution is -2.40. The van der Waals surface area contributed by atoms with Crippen molar-refractivity contribution in [1.29, 1.82) is 5.26 Å². The molecule has 0 fully saturated rings. The average molecular weight is 228 g/mol. The van der Waals surface area contributed by atoms with E-state index in [4.69, 9.17) is 14.7 Å². The van der Waals surface area contributed by atoms with Crippen LogP contribution in [0.3, 0.4) is 0 Å². The Morgan fingerprint density at radius 1 is 1.19 bits per heavy atom. The lowest BCUT2D eigenvalue weighted by molar-refractivity contribution is 0.0501. The number of hydrogen-bond donors (Lipinski definition) is 1. The van der Waals surface area contributed by atoms with Crippen LogP contribution in [-0.2, 0) is 9.47 Å². The molecule has 0 heterocycles. The number of ether oxygens (including phenoxy) is 2. The van der Waals surface area contributed by atoms with Gasteiger partial charge in [0.05, 0.1) is 19.3 Å². The minimum Gasteiger partial charge on any atom is -0.379 e. The third-order valence-corrected chi connectivity index (χ3v) is 2.36. The van der Waals surface area contributed by atoms with Gasteiger partial charge in [0, 0.05) is 13.2 Å². The van der Waals surface area contributed by atoms with E-state index in [2.05, 4.69) is 11.4 Å². The predicted octanol–water partition coefficient (Wildman–Crippen LogP) is 1.71. The lowest BCUT2D eigenvalue weighted by atomic mass is 9.98. The molecule has 0 aliphatic carbocycles. The van der Waals surface area contributed by atoms with E-state index in [0.717, 1.165) is 26.0 Å². The van der Waals surface area contributed by atoms with Crippen molar-refractivity contribution in [3.05, 3.63) is 0 Å². The molecule has 0 spiro atoms. The molecule has 0 aromatic heterocycles. The molecule has 4 heteroatoms. The van der Waals surface area contributed by atoms with Gasteiger partial charge in [0.15, 0.2) is 0 Å². The Hall–Kier alpha value is -0.630. The summed E-state index contributed by atoms with van der Waals surface area (Å²) in [6.07, 6.45) is 1.70. The van der Waals surface area contributed by atoms with E-state index >= 15 is 0 Å². The number of nitrogens with one attached hydrogen (secondary N) is 1. The Morgan fingerprint density at radius 3 is 2.44 bits per heavy atom. The van der Waals surface area contributed by atoms with E-state index in [1.165, 1.54) is 0 Å². The first-order chi connectivity index (χ1) is 7.68. The predicted molar refractivity (Wildman–Crippen MR) is 64.2 cm³/mol. The molecule has 0 bridgehead atoms. The molecule has 1 atom stereocenters. The second-order valence-corrected chi connectivity index (χ2v) is 3.89. The van der Waals surface area contributed by atoms with E-state index in [9.17, 15) is 0 Å². The van der Waals surface area contributed by atoms with Crippen molar-refractivity contribution in [2.24, 2.45) is 0 Å². The molecule has 0 rings (SSSR count). The van der Waals surface area contributed by atoms with Gasteiger partial charge >= 0.3 is 0 Å². The van der Waals surface area contributed by atoms with Crippen molar-refractivity contribution < 1.29 is 9.47 Å². The average Bonchev–Trinajstić information content (AvgIpc) is 2.28. The van der Waals surface area contributed by atoms with Gasteiger partial charge in [-0.15, -0.1) is 0 Å². The zero-order valence-corrected chi connectivity index (χ0v) is 10.7. The van der Waals surface area contributed by atoms with Crippen LogP contribution in [0.2, 0.25) is 0 Å². The summed E-state index contributed by atoms with van der Waals surface area (Å²) in [5.74, 6) is 0. The zero-order chi connectivity index (χ0) is 12.3. The Morgan fingerprint density at radius 2 is 1.88 bits per heavy atom. The van der Waals surface area contributed by atoms with Crippen molar-refractivity contribution in [2.75, 3.05) is 33.0 Å². The Bertz CT molecular complexity index is 204. The maximum absolute atomic E-state index is 9.02. The largest absolute Gasteiger partial charge is 0.379 e. The first-order valence-corrected chi connectivity index (χ1v) is 6.00. The highest BCUT2D eigenvalue weighted by molar-refractivity contribution is 5.03. The smallest absolute Gasteiger partial charge is 0.104 e. The van der Waals surface area contributed by atoms with Crippen molar-refractivity contribution in [3.63, 3.8) is 0 Å². The summed E-state index contributed by atoms with van der Waals surface area (Å²) in [7, 11) is 0. The molecule has 94 valence electrons. The second kappa shape index (κ2) is 9.59. The molecule has 0 saturated heterocycles. The van der Waals surface area contributed by atoms with Crippen molar-refractivity contribution in [3.8, 4) is 6.07 Å². The van der Waals surface area contributed by atoms with E-state index in [0.29, 0.717) is 19.8 Å². The van der Waals surface area contributed by atoms with Crippen LogP contribution < -0.4 is 5.32 Å². The van der Waals surface area contributed by atoms with Gasteiger partial charge in [-0.2, -0.15) is 5.26 Å². The SMILES string of the molecule is CCNC(C)(C#N)CCCOCCOCC. The molecule has 1 N–H and O–H groups in total. The van der Waals surface area contributed by atoms with Crippen LogP contribution in [0.15, 0.2) is 0 Å². The summed E-state index contributed by atoms with van der Waals surface area (Å²) >= 11 is 0. The monoisotopic (exact) mass is 228 g/mol. The third-order valence-electron chi connectivity index (χ3n) is 2.36. The fourth-order valence-corrected chi connectivity index (χ4v) is 1.47. The minimum absolute atomic E-state index is 0.419. The normalized spacial score (nSPS) is 14.4. The molecule has 0 radical (unpaired) electrons. The van der Waals surface area contributed by atoms with Crippen molar-refractivity contribution in [2.45, 2.75) is 39.2 Å². The van der Waals surface area contributed by atoms with Crippen molar-refractivity contribution >= 4 is 0 Å². The van der Waals surface area contributed by atoms with Crippen LogP contribution in [0.5, 0.6) is 0 Å². The van der Waals surface area contributed by atoms with E-state index in [1.807, 2.05) is 20.8 Å². The maximum atomic E-state index is 9.02. The van der Waals surface area contributed by atoms with Crippen LogP contribution in [0.4, 0.5) is 0 Å². The molecule has 1 unspecified atom stereocenters. The summed E-state index contributed by atoms with van der Waals surface area (Å²) in [5.41, 5.74) is -0.419. The lowest BCUT2D eigenvalue weighted by Gasteiger charge is -2.22. The van der Waals surface area contributed by atoms with Crippen molar-refractivity contribution in [1.82, 2.24) is 5.32 Å². The number of nitrogens with zero attached hydrogens (tertiary/aromatic N) is 1. The molecule has 0 amide bonds. The second-order valence-electron chi connectivity index (χ2n) is 3.89. The molecule has 0 saturated carbocycles. The highest BCUT2D eigenvalue weighted by Gasteiger charge is 2.21. The van der Waals surface area contributed by atoms with Crippen LogP contribution in [0.1, 0.15) is 33.6 Å². The van der Waals surface area contributed by atoms with Crippen LogP contribution >= 0.6 is 0 Å². The fourth-order valence-electron chi connectivity index (χ4n) is 1.47. The summed E-state index contributed by atoms with van der Waals surface area (Å²) in [6, 6.07) is 2.30. The van der Waals surface area contributed by atoms with Crippen LogP contribution in [0.25, 0.3) is 0 Å².